The minimum atomic E-state index is -4.40. The van der Waals surface area contributed by atoms with Gasteiger partial charge in [0, 0.05) is 6.92 Å². The highest BCUT2D eigenvalue weighted by Crippen LogP contribution is 2.32. The molecule has 0 aliphatic heterocycles. The molecule has 1 N–H and O–H groups in total. The maximum Gasteiger partial charge on any atom is 0.416 e. The van der Waals surface area contributed by atoms with Crippen molar-refractivity contribution in [2.45, 2.75) is 39.1 Å². The molecule has 0 aromatic heterocycles. The maximum absolute atomic E-state index is 12.8. The highest BCUT2D eigenvalue weighted by atomic mass is 19.4. The fourth-order valence-electron chi connectivity index (χ4n) is 2.48. The number of amides is 1. The molecule has 0 spiro atoms. The summed E-state index contributed by atoms with van der Waals surface area (Å²) < 4.78 is 44.1. The molecule has 1 amide bonds. The highest BCUT2D eigenvalue weighted by Gasteiger charge is 2.30. The molecule has 0 fully saturated rings. The third kappa shape index (κ3) is 4.76. The number of benzene rings is 2. The quantitative estimate of drug-likeness (QED) is 0.588. The summed E-state index contributed by atoms with van der Waals surface area (Å²) in [5, 5.41) is 10.3. The van der Waals surface area contributed by atoms with Gasteiger partial charge in [-0.05, 0) is 49.2 Å². The summed E-state index contributed by atoms with van der Waals surface area (Å²) in [4.78, 5) is 11.2. The number of hydrogen-bond donors (Lipinski definition) is 1. The van der Waals surface area contributed by atoms with Crippen molar-refractivity contribution in [3.05, 3.63) is 65.2 Å². The highest BCUT2D eigenvalue weighted by molar-refractivity contribution is 5.72. The third-order valence-electron chi connectivity index (χ3n) is 4.05. The maximum atomic E-state index is 12.8. The minimum Gasteiger partial charge on any atom is -0.486 e. The van der Waals surface area contributed by atoms with E-state index in [1.165, 1.54) is 13.0 Å². The van der Waals surface area contributed by atoms with Gasteiger partial charge in [0.15, 0.2) is 0 Å². The molecule has 0 radical (unpaired) electrons. The summed E-state index contributed by atoms with van der Waals surface area (Å²) >= 11 is 0. The van der Waals surface area contributed by atoms with Gasteiger partial charge in [-0.25, -0.2) is 5.06 Å². The van der Waals surface area contributed by atoms with Crippen LogP contribution >= 0.6 is 0 Å². The van der Waals surface area contributed by atoms with Gasteiger partial charge < -0.3 is 4.74 Å². The van der Waals surface area contributed by atoms with E-state index in [0.717, 1.165) is 12.1 Å². The van der Waals surface area contributed by atoms with Crippen LogP contribution in [0.25, 0.3) is 0 Å². The first kappa shape index (κ1) is 19.8. The number of hydroxylamine groups is 2. The second-order valence-electron chi connectivity index (χ2n) is 5.99. The molecule has 0 heterocycles. The van der Waals surface area contributed by atoms with Crippen molar-refractivity contribution in [2.24, 2.45) is 0 Å². The number of nitrogens with zero attached hydrogens (tertiary/aromatic N) is 1. The van der Waals surface area contributed by atoms with E-state index < -0.39 is 29.8 Å². The molecule has 2 atom stereocenters. The molecule has 7 heteroatoms. The fraction of sp³-hybridized carbons (Fsp3) is 0.316. The Balaban J connectivity index is 2.10. The number of alkyl halides is 3. The summed E-state index contributed by atoms with van der Waals surface area (Å²) in [6, 6.07) is 11.1. The molecule has 2 unspecified atom stereocenters. The average Bonchev–Trinajstić information content (AvgIpc) is 2.60. The van der Waals surface area contributed by atoms with Crippen molar-refractivity contribution >= 4 is 5.91 Å². The first-order valence-electron chi connectivity index (χ1n) is 8.02. The smallest absolute Gasteiger partial charge is 0.416 e. The Kier molecular flexibility index (Phi) is 5.92. The molecule has 140 valence electrons. The molecular formula is C19H20F3NO3. The van der Waals surface area contributed by atoms with Crippen molar-refractivity contribution in [2.75, 3.05) is 0 Å². The van der Waals surface area contributed by atoms with Gasteiger partial charge in [0.25, 0.3) is 0 Å². The largest absolute Gasteiger partial charge is 0.486 e. The molecule has 4 nitrogen and oxygen atoms in total. The van der Waals surface area contributed by atoms with E-state index in [2.05, 4.69) is 0 Å². The molecule has 0 aliphatic carbocycles. The Morgan fingerprint density at radius 3 is 2.23 bits per heavy atom. The summed E-state index contributed by atoms with van der Waals surface area (Å²) in [6.07, 6.45) is -4.98. The third-order valence-corrected chi connectivity index (χ3v) is 4.05. The molecule has 2 rings (SSSR count). The molecular weight excluding hydrogens is 347 g/mol. The first-order chi connectivity index (χ1) is 12.1. The van der Waals surface area contributed by atoms with Crippen LogP contribution < -0.4 is 4.74 Å². The second-order valence-corrected chi connectivity index (χ2v) is 5.99. The normalized spacial score (nSPS) is 13.8. The molecule has 0 saturated carbocycles. The van der Waals surface area contributed by atoms with Crippen molar-refractivity contribution in [1.29, 1.82) is 0 Å². The summed E-state index contributed by atoms with van der Waals surface area (Å²) in [6.45, 7) is 4.59. The fourth-order valence-corrected chi connectivity index (χ4v) is 2.48. The Labute approximate surface area is 149 Å². The molecule has 26 heavy (non-hydrogen) atoms. The lowest BCUT2D eigenvalue weighted by Crippen LogP contribution is -2.27. The molecule has 2 aromatic carbocycles. The topological polar surface area (TPSA) is 49.8 Å². The number of halogens is 3. The van der Waals surface area contributed by atoms with Crippen molar-refractivity contribution in [3.8, 4) is 5.75 Å². The van der Waals surface area contributed by atoms with Gasteiger partial charge >= 0.3 is 6.18 Å². The van der Waals surface area contributed by atoms with Gasteiger partial charge in [0.1, 0.15) is 11.9 Å². The predicted molar refractivity (Wildman–Crippen MR) is 89.7 cm³/mol. The Morgan fingerprint density at radius 2 is 1.69 bits per heavy atom. The van der Waals surface area contributed by atoms with E-state index in [1.807, 2.05) is 0 Å². The van der Waals surface area contributed by atoms with Crippen LogP contribution in [0.15, 0.2) is 48.5 Å². The van der Waals surface area contributed by atoms with Crippen LogP contribution in [0.3, 0.4) is 0 Å². The van der Waals surface area contributed by atoms with Crippen LogP contribution in [0.2, 0.25) is 0 Å². The second kappa shape index (κ2) is 7.78. The van der Waals surface area contributed by atoms with E-state index in [4.69, 9.17) is 4.74 Å². The Hall–Kier alpha value is -2.54. The number of carbonyl (C=O) groups excluding carboxylic acids is 1. The van der Waals surface area contributed by atoms with Crippen molar-refractivity contribution < 1.29 is 27.9 Å². The zero-order valence-corrected chi connectivity index (χ0v) is 14.6. The van der Waals surface area contributed by atoms with Gasteiger partial charge in [-0.1, -0.05) is 24.3 Å². The monoisotopic (exact) mass is 367 g/mol. The Morgan fingerprint density at radius 1 is 1.08 bits per heavy atom. The first-order valence-corrected chi connectivity index (χ1v) is 8.02. The van der Waals surface area contributed by atoms with E-state index in [1.54, 1.807) is 44.2 Å². The lowest BCUT2D eigenvalue weighted by atomic mass is 10.1. The number of hydrogen-bond acceptors (Lipinski definition) is 3. The summed E-state index contributed by atoms with van der Waals surface area (Å²) in [5.41, 5.74) is 0.388. The molecule has 2 aromatic rings. The van der Waals surface area contributed by atoms with E-state index in [0.29, 0.717) is 21.9 Å². The van der Waals surface area contributed by atoms with Crippen LogP contribution in [0, 0.1) is 0 Å². The molecule has 0 bridgehead atoms. The van der Waals surface area contributed by atoms with Gasteiger partial charge in [-0.3, -0.25) is 10.0 Å². The van der Waals surface area contributed by atoms with Gasteiger partial charge in [-0.15, -0.1) is 0 Å². The van der Waals surface area contributed by atoms with Gasteiger partial charge in [0.05, 0.1) is 11.6 Å². The average molecular weight is 367 g/mol. The Bertz CT molecular complexity index is 759. The van der Waals surface area contributed by atoms with Crippen LogP contribution in [0.4, 0.5) is 13.2 Å². The van der Waals surface area contributed by atoms with Gasteiger partial charge in [0.2, 0.25) is 5.91 Å². The predicted octanol–water partition coefficient (Wildman–Crippen LogP) is 5.14. The van der Waals surface area contributed by atoms with E-state index >= 15 is 0 Å². The van der Waals surface area contributed by atoms with Crippen LogP contribution in [-0.4, -0.2) is 16.2 Å². The minimum absolute atomic E-state index is 0.412. The zero-order chi connectivity index (χ0) is 19.5. The van der Waals surface area contributed by atoms with Crippen LogP contribution in [-0.2, 0) is 11.0 Å². The van der Waals surface area contributed by atoms with Crippen molar-refractivity contribution in [1.82, 2.24) is 5.06 Å². The zero-order valence-electron chi connectivity index (χ0n) is 14.6. The lowest BCUT2D eigenvalue weighted by molar-refractivity contribution is -0.172. The summed E-state index contributed by atoms with van der Waals surface area (Å²) in [5.74, 6) is -0.00540. The van der Waals surface area contributed by atoms with Crippen LogP contribution in [0.5, 0.6) is 5.75 Å². The van der Waals surface area contributed by atoms with E-state index in [9.17, 15) is 23.2 Å². The van der Waals surface area contributed by atoms with E-state index in [-0.39, 0.29) is 0 Å². The van der Waals surface area contributed by atoms with Crippen molar-refractivity contribution in [3.63, 3.8) is 0 Å². The number of ether oxygens (including phenoxy) is 1. The standard InChI is InChI=1S/C19H20F3NO3/c1-12(23(25)14(3)24)15-7-9-18(10-8-15)26-13(2)16-5-4-6-17(11-16)19(20,21)22/h4-13,25H,1-3H3. The van der Waals surface area contributed by atoms with Gasteiger partial charge in [-0.2, -0.15) is 13.2 Å². The SMILES string of the molecule is CC(=O)N(O)C(C)c1ccc(OC(C)c2cccc(C(F)(F)F)c2)cc1. The van der Waals surface area contributed by atoms with Crippen LogP contribution in [0.1, 0.15) is 49.6 Å². The lowest BCUT2D eigenvalue weighted by Gasteiger charge is -2.22. The molecule has 0 aliphatic rings. The number of rotatable bonds is 5. The summed E-state index contributed by atoms with van der Waals surface area (Å²) in [7, 11) is 0. The molecule has 0 saturated heterocycles. The number of carbonyl (C=O) groups is 1.